The Morgan fingerprint density at radius 2 is 1.95 bits per heavy atom. The van der Waals surface area contributed by atoms with Crippen LogP contribution in [0.1, 0.15) is 22.2 Å². The SMILES string of the molecule is CCc1ccccc1OCC(=O)NNC(=O)c1ccc(Br)s1. The molecule has 7 heteroatoms. The number of carbonyl (C=O) groups is 2. The summed E-state index contributed by atoms with van der Waals surface area (Å²) in [4.78, 5) is 24.0. The molecule has 0 saturated carbocycles. The molecule has 2 N–H and O–H groups in total. The third kappa shape index (κ3) is 4.57. The molecule has 22 heavy (non-hydrogen) atoms. The molecule has 0 aliphatic rings. The van der Waals surface area contributed by atoms with Crippen molar-refractivity contribution in [2.45, 2.75) is 13.3 Å². The summed E-state index contributed by atoms with van der Waals surface area (Å²) in [6, 6.07) is 11.0. The minimum absolute atomic E-state index is 0.161. The number of aryl methyl sites for hydroxylation is 1. The van der Waals surface area contributed by atoms with E-state index in [1.807, 2.05) is 31.2 Å². The quantitative estimate of drug-likeness (QED) is 0.781. The van der Waals surface area contributed by atoms with Gasteiger partial charge in [0.25, 0.3) is 11.8 Å². The number of ether oxygens (including phenoxy) is 1. The zero-order chi connectivity index (χ0) is 15.9. The summed E-state index contributed by atoms with van der Waals surface area (Å²) in [5.74, 6) is -0.110. The lowest BCUT2D eigenvalue weighted by Gasteiger charge is -2.10. The minimum atomic E-state index is -0.421. The van der Waals surface area contributed by atoms with Gasteiger partial charge in [0, 0.05) is 0 Å². The molecule has 2 rings (SSSR count). The Labute approximate surface area is 140 Å². The molecular weight excluding hydrogens is 368 g/mol. The van der Waals surface area contributed by atoms with Crippen molar-refractivity contribution in [1.29, 1.82) is 0 Å². The first-order valence-electron chi connectivity index (χ1n) is 6.65. The lowest BCUT2D eigenvalue weighted by Crippen LogP contribution is -2.43. The van der Waals surface area contributed by atoms with Crippen LogP contribution in [0.4, 0.5) is 0 Å². The fourth-order valence-corrected chi connectivity index (χ4v) is 3.02. The molecule has 2 amide bonds. The maximum atomic E-state index is 11.8. The molecule has 0 radical (unpaired) electrons. The van der Waals surface area contributed by atoms with E-state index in [4.69, 9.17) is 4.74 Å². The van der Waals surface area contributed by atoms with Gasteiger partial charge in [-0.15, -0.1) is 11.3 Å². The van der Waals surface area contributed by atoms with Crippen LogP contribution < -0.4 is 15.6 Å². The van der Waals surface area contributed by atoms with Crippen LogP contribution in [0.25, 0.3) is 0 Å². The van der Waals surface area contributed by atoms with Gasteiger partial charge < -0.3 is 4.74 Å². The first-order chi connectivity index (χ1) is 10.6. The summed E-state index contributed by atoms with van der Waals surface area (Å²) >= 11 is 4.56. The lowest BCUT2D eigenvalue weighted by molar-refractivity contribution is -0.123. The van der Waals surface area contributed by atoms with Gasteiger partial charge in [0.2, 0.25) is 0 Å². The fourth-order valence-electron chi connectivity index (χ4n) is 1.74. The molecule has 1 aromatic heterocycles. The number of hydrazine groups is 1. The third-order valence-electron chi connectivity index (χ3n) is 2.82. The van der Waals surface area contributed by atoms with Crippen molar-refractivity contribution in [2.24, 2.45) is 0 Å². The van der Waals surface area contributed by atoms with Gasteiger partial charge in [-0.05, 0) is 46.1 Å². The Morgan fingerprint density at radius 1 is 1.18 bits per heavy atom. The largest absolute Gasteiger partial charge is 0.483 e. The van der Waals surface area contributed by atoms with Gasteiger partial charge in [0.1, 0.15) is 5.75 Å². The highest BCUT2D eigenvalue weighted by Gasteiger charge is 2.10. The molecule has 1 heterocycles. The molecule has 0 atom stereocenters. The number of carbonyl (C=O) groups excluding carboxylic acids is 2. The van der Waals surface area contributed by atoms with Crippen LogP contribution in [0.3, 0.4) is 0 Å². The Bertz CT molecular complexity index is 672. The number of halogens is 1. The Kier molecular flexibility index (Phi) is 5.97. The highest BCUT2D eigenvalue weighted by atomic mass is 79.9. The third-order valence-corrected chi connectivity index (χ3v) is 4.45. The van der Waals surface area contributed by atoms with E-state index in [1.165, 1.54) is 11.3 Å². The second-order valence-corrected chi connectivity index (χ2v) is 6.82. The molecule has 0 saturated heterocycles. The van der Waals surface area contributed by atoms with Gasteiger partial charge in [0.15, 0.2) is 6.61 Å². The number of thiophene rings is 1. The molecule has 0 unspecified atom stereocenters. The van der Waals surface area contributed by atoms with Crippen LogP contribution in [0, 0.1) is 0 Å². The van der Waals surface area contributed by atoms with Crippen molar-refractivity contribution in [3.63, 3.8) is 0 Å². The first-order valence-corrected chi connectivity index (χ1v) is 8.26. The van der Waals surface area contributed by atoms with E-state index < -0.39 is 5.91 Å². The van der Waals surface area contributed by atoms with Crippen LogP contribution in [0.2, 0.25) is 0 Å². The summed E-state index contributed by atoms with van der Waals surface area (Å²) in [6.07, 6.45) is 0.821. The maximum Gasteiger partial charge on any atom is 0.279 e. The Balaban J connectivity index is 1.80. The van der Waals surface area contributed by atoms with Crippen LogP contribution in [-0.2, 0) is 11.2 Å². The molecule has 0 bridgehead atoms. The summed E-state index contributed by atoms with van der Waals surface area (Å²) in [7, 11) is 0. The molecule has 0 aliphatic carbocycles. The van der Waals surface area contributed by atoms with Crippen molar-refractivity contribution in [3.05, 3.63) is 50.6 Å². The van der Waals surface area contributed by atoms with Crippen molar-refractivity contribution >= 4 is 39.1 Å². The monoisotopic (exact) mass is 382 g/mol. The summed E-state index contributed by atoms with van der Waals surface area (Å²) in [6.45, 7) is 1.85. The standard InChI is InChI=1S/C15H15BrN2O3S/c1-2-10-5-3-4-6-11(10)21-9-14(19)17-18-15(20)12-7-8-13(16)22-12/h3-8H,2,9H2,1H3,(H,17,19)(H,18,20). The second kappa shape index (κ2) is 7.95. The van der Waals surface area contributed by atoms with Crippen molar-refractivity contribution in [1.82, 2.24) is 10.9 Å². The van der Waals surface area contributed by atoms with E-state index in [0.717, 1.165) is 15.8 Å². The number of para-hydroxylation sites is 1. The van der Waals surface area contributed by atoms with Crippen molar-refractivity contribution in [2.75, 3.05) is 6.61 Å². The number of benzene rings is 1. The Hall–Kier alpha value is -1.86. The van der Waals surface area contributed by atoms with Crippen LogP contribution in [0.15, 0.2) is 40.2 Å². The summed E-state index contributed by atoms with van der Waals surface area (Å²) in [5, 5.41) is 0. The second-order valence-electron chi connectivity index (χ2n) is 4.36. The molecular formula is C15H15BrN2O3S. The molecule has 0 fully saturated rings. The van der Waals surface area contributed by atoms with E-state index >= 15 is 0 Å². The number of hydrogen-bond donors (Lipinski definition) is 2. The van der Waals surface area contributed by atoms with E-state index in [9.17, 15) is 9.59 Å². The number of nitrogens with one attached hydrogen (secondary N) is 2. The average Bonchev–Trinajstić information content (AvgIpc) is 2.97. The van der Waals surface area contributed by atoms with Gasteiger partial charge in [-0.25, -0.2) is 0 Å². The van der Waals surface area contributed by atoms with Crippen LogP contribution in [0.5, 0.6) is 5.75 Å². The number of hydrogen-bond acceptors (Lipinski definition) is 4. The van der Waals surface area contributed by atoms with E-state index in [1.54, 1.807) is 12.1 Å². The highest BCUT2D eigenvalue weighted by molar-refractivity contribution is 9.11. The smallest absolute Gasteiger partial charge is 0.279 e. The van der Waals surface area contributed by atoms with Gasteiger partial charge >= 0.3 is 0 Å². The van der Waals surface area contributed by atoms with E-state index in [0.29, 0.717) is 10.6 Å². The highest BCUT2D eigenvalue weighted by Crippen LogP contribution is 2.21. The zero-order valence-corrected chi connectivity index (χ0v) is 14.3. The predicted octanol–water partition coefficient (Wildman–Crippen LogP) is 2.91. The summed E-state index contributed by atoms with van der Waals surface area (Å²) < 4.78 is 6.31. The number of rotatable bonds is 5. The van der Waals surface area contributed by atoms with E-state index in [2.05, 4.69) is 26.8 Å². The summed E-state index contributed by atoms with van der Waals surface area (Å²) in [5.41, 5.74) is 5.70. The molecule has 5 nitrogen and oxygen atoms in total. The molecule has 0 aliphatic heterocycles. The average molecular weight is 383 g/mol. The van der Waals surface area contributed by atoms with Gasteiger partial charge in [-0.2, -0.15) is 0 Å². The molecule has 1 aromatic carbocycles. The first kappa shape index (κ1) is 16.5. The van der Waals surface area contributed by atoms with Gasteiger partial charge in [-0.1, -0.05) is 25.1 Å². The number of amides is 2. The lowest BCUT2D eigenvalue weighted by atomic mass is 10.1. The van der Waals surface area contributed by atoms with Crippen molar-refractivity contribution in [3.8, 4) is 5.75 Å². The fraction of sp³-hybridized carbons (Fsp3) is 0.200. The normalized spacial score (nSPS) is 10.1. The minimum Gasteiger partial charge on any atom is -0.483 e. The van der Waals surface area contributed by atoms with E-state index in [-0.39, 0.29) is 12.5 Å². The molecule has 0 spiro atoms. The van der Waals surface area contributed by atoms with Gasteiger partial charge in [-0.3, -0.25) is 20.4 Å². The maximum absolute atomic E-state index is 11.8. The van der Waals surface area contributed by atoms with Gasteiger partial charge in [0.05, 0.1) is 8.66 Å². The van der Waals surface area contributed by atoms with Crippen molar-refractivity contribution < 1.29 is 14.3 Å². The Morgan fingerprint density at radius 3 is 2.64 bits per heavy atom. The molecule has 116 valence electrons. The van der Waals surface area contributed by atoms with Crippen LogP contribution in [-0.4, -0.2) is 18.4 Å². The zero-order valence-electron chi connectivity index (χ0n) is 11.9. The topological polar surface area (TPSA) is 67.4 Å². The molecule has 2 aromatic rings. The predicted molar refractivity (Wildman–Crippen MR) is 88.9 cm³/mol. The van der Waals surface area contributed by atoms with Crippen LogP contribution >= 0.6 is 27.3 Å².